The molecule has 21 heavy (non-hydrogen) atoms. The number of methoxy groups -OCH3 is 1. The maximum atomic E-state index is 13.2. The van der Waals surface area contributed by atoms with Crippen LogP contribution in [0.5, 0.6) is 0 Å². The smallest absolute Gasteiger partial charge is 0.381 e. The van der Waals surface area contributed by atoms with Gasteiger partial charge in [0.15, 0.2) is 0 Å². The average Bonchev–Trinajstić information content (AvgIpc) is 2.48. The van der Waals surface area contributed by atoms with Crippen molar-refractivity contribution >= 4 is 0 Å². The Hall–Kier alpha value is -1.11. The summed E-state index contributed by atoms with van der Waals surface area (Å²) in [4.78, 5) is 0. The van der Waals surface area contributed by atoms with E-state index >= 15 is 0 Å². The highest BCUT2D eigenvalue weighted by molar-refractivity contribution is 5.34. The van der Waals surface area contributed by atoms with Crippen LogP contribution in [0, 0.1) is 0 Å². The molecule has 0 bridgehead atoms. The zero-order valence-corrected chi connectivity index (χ0v) is 12.2. The fourth-order valence-electron chi connectivity index (χ4n) is 3.04. The van der Waals surface area contributed by atoms with E-state index in [1.165, 1.54) is 12.1 Å². The van der Waals surface area contributed by atoms with Gasteiger partial charge in [0.1, 0.15) is 0 Å². The number of alkyl halides is 3. The van der Waals surface area contributed by atoms with E-state index in [1.54, 1.807) is 20.2 Å². The summed E-state index contributed by atoms with van der Waals surface area (Å²) in [5.74, 6) is 0. The molecule has 1 aliphatic heterocycles. The molecular formula is C15H20F3NO2. The molecule has 3 nitrogen and oxygen atoms in total. The molecule has 0 aromatic heterocycles. The van der Waals surface area contributed by atoms with E-state index in [9.17, 15) is 13.2 Å². The minimum Gasteiger partial charge on any atom is -0.381 e. The van der Waals surface area contributed by atoms with Crippen molar-refractivity contribution in [2.45, 2.75) is 30.7 Å². The number of likely N-dealkylation sites (N-methyl/N-ethyl adjacent to an activating group) is 1. The summed E-state index contributed by atoms with van der Waals surface area (Å²) in [7, 11) is 3.21. The Labute approximate surface area is 122 Å². The fourth-order valence-corrected chi connectivity index (χ4v) is 3.04. The molecule has 0 spiro atoms. The fraction of sp³-hybridized carbons (Fsp3) is 0.600. The van der Waals surface area contributed by atoms with Gasteiger partial charge in [-0.15, -0.1) is 0 Å². The summed E-state index contributed by atoms with van der Waals surface area (Å²) in [5.41, 5.74) is -1.09. The summed E-state index contributed by atoms with van der Waals surface area (Å²) in [6.45, 7) is 0.973. The molecule has 1 N–H and O–H groups in total. The largest absolute Gasteiger partial charge is 0.416 e. The number of nitrogens with one attached hydrogen (secondary N) is 1. The first kappa shape index (κ1) is 16.3. The summed E-state index contributed by atoms with van der Waals surface area (Å²) < 4.78 is 50.7. The van der Waals surface area contributed by atoms with Crippen molar-refractivity contribution in [3.8, 4) is 0 Å². The molecule has 6 heteroatoms. The highest BCUT2D eigenvalue weighted by atomic mass is 19.4. The third-order valence-electron chi connectivity index (χ3n) is 4.14. The normalized spacial score (nSPS) is 20.2. The number of rotatable bonds is 4. The molecule has 0 aliphatic carbocycles. The van der Waals surface area contributed by atoms with Crippen LogP contribution in [-0.4, -0.2) is 33.0 Å². The molecule has 1 aliphatic rings. The Morgan fingerprint density at radius 2 is 1.86 bits per heavy atom. The summed E-state index contributed by atoms with van der Waals surface area (Å²) in [6, 6.07) is 5.12. The van der Waals surface area contributed by atoms with Gasteiger partial charge in [-0.25, -0.2) is 0 Å². The van der Waals surface area contributed by atoms with Gasteiger partial charge in [0.2, 0.25) is 0 Å². The van der Waals surface area contributed by atoms with Crippen LogP contribution in [0.25, 0.3) is 0 Å². The Morgan fingerprint density at radius 3 is 2.38 bits per heavy atom. The molecule has 0 amide bonds. The van der Waals surface area contributed by atoms with Crippen LogP contribution in [0.4, 0.5) is 13.2 Å². The number of ether oxygens (including phenoxy) is 2. The van der Waals surface area contributed by atoms with Gasteiger partial charge in [-0.05, 0) is 18.7 Å². The van der Waals surface area contributed by atoms with Gasteiger partial charge in [-0.1, -0.05) is 18.2 Å². The highest BCUT2D eigenvalue weighted by Crippen LogP contribution is 2.42. The maximum Gasteiger partial charge on any atom is 0.416 e. The van der Waals surface area contributed by atoms with E-state index in [0.29, 0.717) is 26.1 Å². The van der Waals surface area contributed by atoms with Crippen LogP contribution in [0.2, 0.25) is 0 Å². The van der Waals surface area contributed by atoms with Gasteiger partial charge in [-0.3, -0.25) is 0 Å². The first-order valence-corrected chi connectivity index (χ1v) is 6.91. The molecule has 1 saturated heterocycles. The molecule has 1 heterocycles. The molecule has 0 radical (unpaired) electrons. The first-order valence-electron chi connectivity index (χ1n) is 6.91. The van der Waals surface area contributed by atoms with E-state index in [1.807, 2.05) is 0 Å². The van der Waals surface area contributed by atoms with Crippen molar-refractivity contribution in [1.29, 1.82) is 0 Å². The van der Waals surface area contributed by atoms with Crippen LogP contribution < -0.4 is 5.32 Å². The van der Waals surface area contributed by atoms with Gasteiger partial charge in [0.25, 0.3) is 0 Å². The SMILES string of the molecule is CNC(c1ccccc1C(F)(F)F)C1(OC)CCOCC1. The molecular weight excluding hydrogens is 283 g/mol. The minimum absolute atomic E-state index is 0.219. The summed E-state index contributed by atoms with van der Waals surface area (Å²) in [6.07, 6.45) is -3.27. The quantitative estimate of drug-likeness (QED) is 0.927. The first-order chi connectivity index (χ1) is 9.94. The number of hydrogen-bond donors (Lipinski definition) is 1. The van der Waals surface area contributed by atoms with Gasteiger partial charge >= 0.3 is 6.18 Å². The van der Waals surface area contributed by atoms with E-state index < -0.39 is 23.4 Å². The summed E-state index contributed by atoms with van der Waals surface area (Å²) in [5, 5.41) is 3.01. The Balaban J connectivity index is 2.46. The van der Waals surface area contributed by atoms with Gasteiger partial charge < -0.3 is 14.8 Å². The van der Waals surface area contributed by atoms with Crippen molar-refractivity contribution in [1.82, 2.24) is 5.32 Å². The van der Waals surface area contributed by atoms with Gasteiger partial charge in [0, 0.05) is 33.2 Å². The molecule has 1 fully saturated rings. The van der Waals surface area contributed by atoms with Crippen LogP contribution in [-0.2, 0) is 15.7 Å². The lowest BCUT2D eigenvalue weighted by Crippen LogP contribution is -2.49. The third kappa shape index (κ3) is 3.22. The predicted octanol–water partition coefficient (Wildman–Crippen LogP) is 3.16. The zero-order valence-electron chi connectivity index (χ0n) is 12.2. The standard InChI is InChI=1S/C15H20F3NO2/c1-19-13(14(20-2)7-9-21-10-8-14)11-5-3-4-6-12(11)15(16,17)18/h3-6,13,19H,7-10H2,1-2H3. The van der Waals surface area contributed by atoms with E-state index in [-0.39, 0.29) is 5.56 Å². The second-order valence-corrected chi connectivity index (χ2v) is 5.19. The number of hydrogen-bond acceptors (Lipinski definition) is 3. The van der Waals surface area contributed by atoms with Crippen LogP contribution in [0.3, 0.4) is 0 Å². The minimum atomic E-state index is -4.38. The van der Waals surface area contributed by atoms with Crippen molar-refractivity contribution < 1.29 is 22.6 Å². The summed E-state index contributed by atoms with van der Waals surface area (Å²) >= 11 is 0. The van der Waals surface area contributed by atoms with Crippen molar-refractivity contribution in [2.75, 3.05) is 27.4 Å². The van der Waals surface area contributed by atoms with Crippen LogP contribution >= 0.6 is 0 Å². The van der Waals surface area contributed by atoms with E-state index in [0.717, 1.165) is 6.07 Å². The molecule has 1 atom stereocenters. The predicted molar refractivity (Wildman–Crippen MR) is 73.0 cm³/mol. The zero-order chi connectivity index (χ0) is 15.5. The van der Waals surface area contributed by atoms with Gasteiger partial charge in [-0.2, -0.15) is 13.2 Å². The second-order valence-electron chi connectivity index (χ2n) is 5.19. The second kappa shape index (κ2) is 6.34. The van der Waals surface area contributed by atoms with Crippen LogP contribution in [0.15, 0.2) is 24.3 Å². The van der Waals surface area contributed by atoms with E-state index in [4.69, 9.17) is 9.47 Å². The lowest BCUT2D eigenvalue weighted by molar-refractivity contribution is -0.141. The lowest BCUT2D eigenvalue weighted by Gasteiger charge is -2.43. The Bertz CT molecular complexity index is 470. The van der Waals surface area contributed by atoms with E-state index in [2.05, 4.69) is 5.32 Å². The van der Waals surface area contributed by atoms with Crippen molar-refractivity contribution in [2.24, 2.45) is 0 Å². The van der Waals surface area contributed by atoms with Gasteiger partial charge in [0.05, 0.1) is 17.2 Å². The average molecular weight is 303 g/mol. The van der Waals surface area contributed by atoms with Crippen molar-refractivity contribution in [3.63, 3.8) is 0 Å². The third-order valence-corrected chi connectivity index (χ3v) is 4.14. The lowest BCUT2D eigenvalue weighted by atomic mass is 9.80. The molecule has 1 aromatic carbocycles. The Kier molecular flexibility index (Phi) is 4.91. The molecule has 0 saturated carbocycles. The maximum absolute atomic E-state index is 13.2. The molecule has 1 aromatic rings. The Morgan fingerprint density at radius 1 is 1.24 bits per heavy atom. The monoisotopic (exact) mass is 303 g/mol. The van der Waals surface area contributed by atoms with Crippen LogP contribution in [0.1, 0.15) is 30.0 Å². The highest BCUT2D eigenvalue weighted by Gasteiger charge is 2.44. The molecule has 1 unspecified atom stereocenters. The topological polar surface area (TPSA) is 30.5 Å². The number of halogens is 3. The molecule has 2 rings (SSSR count). The molecule has 118 valence electrons. The van der Waals surface area contributed by atoms with Crippen molar-refractivity contribution in [3.05, 3.63) is 35.4 Å². The number of benzene rings is 1.